The van der Waals surface area contributed by atoms with Crippen molar-refractivity contribution in [3.63, 3.8) is 0 Å². The number of amides is 2. The van der Waals surface area contributed by atoms with Crippen molar-refractivity contribution >= 4 is 23.3 Å². The number of nitrogens with zero attached hydrogens (tertiary/aromatic N) is 3. The Morgan fingerprint density at radius 2 is 2.28 bits per heavy atom. The third-order valence-electron chi connectivity index (χ3n) is 2.88. The molecule has 2 amide bonds. The molecule has 1 fully saturated rings. The van der Waals surface area contributed by atoms with E-state index >= 15 is 0 Å². The molecule has 96 valence electrons. The average Bonchev–Trinajstić information content (AvgIpc) is 2.68. The highest BCUT2D eigenvalue weighted by Gasteiger charge is 2.41. The van der Waals surface area contributed by atoms with Gasteiger partial charge in [0.15, 0.2) is 0 Å². The smallest absolute Gasteiger partial charge is 0.360 e. The number of hydrogen-bond donors (Lipinski definition) is 0. The van der Waals surface area contributed by atoms with Gasteiger partial charge in [-0.3, -0.25) is 19.3 Å². The molecule has 0 N–H and O–H groups in total. The summed E-state index contributed by atoms with van der Waals surface area (Å²) in [6.07, 6.45) is 3.82. The lowest BCUT2D eigenvalue weighted by molar-refractivity contribution is -0.142. The summed E-state index contributed by atoms with van der Waals surface area (Å²) in [5, 5.41) is 0. The molecule has 0 bridgehead atoms. The van der Waals surface area contributed by atoms with Gasteiger partial charge in [0.05, 0.1) is 0 Å². The largest absolute Gasteiger partial charge is 0.421 e. The SMILES string of the molecule is C=CCCC1CCC(=O)N1C(=O)C(=[N+]=[N-])C(C)=O. The molecule has 0 aromatic rings. The number of hydrogen-bond acceptors (Lipinski definition) is 3. The van der Waals surface area contributed by atoms with E-state index < -0.39 is 17.4 Å². The monoisotopic (exact) mass is 249 g/mol. The highest BCUT2D eigenvalue weighted by Crippen LogP contribution is 2.23. The van der Waals surface area contributed by atoms with Crippen LogP contribution in [0.1, 0.15) is 32.6 Å². The van der Waals surface area contributed by atoms with Crippen molar-refractivity contribution in [1.29, 1.82) is 0 Å². The van der Waals surface area contributed by atoms with Crippen molar-refractivity contribution in [3.8, 4) is 0 Å². The van der Waals surface area contributed by atoms with Crippen LogP contribution in [0.4, 0.5) is 0 Å². The molecule has 0 spiro atoms. The molecule has 0 aliphatic carbocycles. The summed E-state index contributed by atoms with van der Waals surface area (Å²) < 4.78 is 0. The van der Waals surface area contributed by atoms with Crippen LogP contribution in [-0.2, 0) is 14.4 Å². The van der Waals surface area contributed by atoms with Gasteiger partial charge in [0.1, 0.15) is 0 Å². The first kappa shape index (κ1) is 14.0. The summed E-state index contributed by atoms with van der Waals surface area (Å²) in [6, 6.07) is -0.251. The molecule has 1 aliphatic heterocycles. The maximum absolute atomic E-state index is 12.0. The number of carbonyl (C=O) groups excluding carboxylic acids is 3. The molecule has 0 radical (unpaired) electrons. The van der Waals surface area contributed by atoms with E-state index in [1.54, 1.807) is 6.08 Å². The van der Waals surface area contributed by atoms with E-state index in [4.69, 9.17) is 5.53 Å². The van der Waals surface area contributed by atoms with E-state index in [0.29, 0.717) is 19.3 Å². The molecular weight excluding hydrogens is 234 g/mol. The van der Waals surface area contributed by atoms with Gasteiger partial charge in [-0.25, -0.2) is 0 Å². The van der Waals surface area contributed by atoms with Crippen molar-refractivity contribution < 1.29 is 19.2 Å². The van der Waals surface area contributed by atoms with Gasteiger partial charge < -0.3 is 5.53 Å². The minimum absolute atomic E-state index is 0.251. The van der Waals surface area contributed by atoms with E-state index in [-0.39, 0.29) is 18.4 Å². The van der Waals surface area contributed by atoms with Crippen LogP contribution in [0.25, 0.3) is 5.53 Å². The van der Waals surface area contributed by atoms with E-state index in [2.05, 4.69) is 11.4 Å². The number of allylic oxidation sites excluding steroid dienone is 1. The zero-order valence-corrected chi connectivity index (χ0v) is 10.3. The molecule has 18 heavy (non-hydrogen) atoms. The van der Waals surface area contributed by atoms with E-state index in [1.165, 1.54) is 0 Å². The summed E-state index contributed by atoms with van der Waals surface area (Å²) in [5.74, 6) is -1.82. The summed E-state index contributed by atoms with van der Waals surface area (Å²) in [6.45, 7) is 4.70. The Labute approximate surface area is 105 Å². The van der Waals surface area contributed by atoms with Crippen LogP contribution in [0.3, 0.4) is 0 Å². The predicted molar refractivity (Wildman–Crippen MR) is 63.6 cm³/mol. The van der Waals surface area contributed by atoms with Gasteiger partial charge in [0.25, 0.3) is 0 Å². The van der Waals surface area contributed by atoms with Gasteiger partial charge >= 0.3 is 11.6 Å². The molecule has 0 aromatic carbocycles. The molecule has 1 unspecified atom stereocenters. The fraction of sp³-hybridized carbons (Fsp3) is 0.500. The van der Waals surface area contributed by atoms with Crippen molar-refractivity contribution in [3.05, 3.63) is 18.2 Å². The predicted octanol–water partition coefficient (Wildman–Crippen LogP) is 0.730. The molecule has 6 heteroatoms. The van der Waals surface area contributed by atoms with Gasteiger partial charge in [0, 0.05) is 19.4 Å². The second kappa shape index (κ2) is 6.02. The van der Waals surface area contributed by atoms with Gasteiger partial charge in [-0.2, -0.15) is 4.79 Å². The second-order valence-corrected chi connectivity index (χ2v) is 4.13. The minimum atomic E-state index is -0.818. The van der Waals surface area contributed by atoms with Crippen molar-refractivity contribution in [1.82, 2.24) is 4.90 Å². The highest BCUT2D eigenvalue weighted by molar-refractivity contribution is 6.64. The summed E-state index contributed by atoms with van der Waals surface area (Å²) >= 11 is 0. The fourth-order valence-electron chi connectivity index (χ4n) is 1.98. The maximum Gasteiger partial charge on any atom is 0.421 e. The zero-order chi connectivity index (χ0) is 13.7. The fourth-order valence-corrected chi connectivity index (χ4v) is 1.98. The average molecular weight is 249 g/mol. The van der Waals surface area contributed by atoms with Crippen LogP contribution in [0.5, 0.6) is 0 Å². The lowest BCUT2D eigenvalue weighted by Gasteiger charge is -2.20. The second-order valence-electron chi connectivity index (χ2n) is 4.13. The van der Waals surface area contributed by atoms with Gasteiger partial charge in [-0.05, 0) is 19.3 Å². The van der Waals surface area contributed by atoms with Crippen LogP contribution in [0.15, 0.2) is 12.7 Å². The quantitative estimate of drug-likeness (QED) is 0.236. The maximum atomic E-state index is 12.0. The van der Waals surface area contributed by atoms with Crippen LogP contribution >= 0.6 is 0 Å². The Balaban J connectivity index is 2.93. The third kappa shape index (κ3) is 2.78. The molecule has 6 nitrogen and oxygen atoms in total. The Bertz CT molecular complexity index is 449. The molecule has 0 aromatic heterocycles. The Kier molecular flexibility index (Phi) is 4.68. The van der Waals surface area contributed by atoms with Crippen molar-refractivity contribution in [2.45, 2.75) is 38.6 Å². The Morgan fingerprint density at radius 3 is 2.78 bits per heavy atom. The number of imide groups is 1. The van der Waals surface area contributed by atoms with Crippen LogP contribution < -0.4 is 0 Å². The number of carbonyl (C=O) groups is 3. The molecule has 1 saturated heterocycles. The van der Waals surface area contributed by atoms with E-state index in [0.717, 1.165) is 11.8 Å². The first-order chi connectivity index (χ1) is 8.52. The molecule has 1 rings (SSSR count). The minimum Gasteiger partial charge on any atom is -0.360 e. The van der Waals surface area contributed by atoms with E-state index in [9.17, 15) is 14.4 Å². The van der Waals surface area contributed by atoms with Crippen molar-refractivity contribution in [2.75, 3.05) is 0 Å². The standard InChI is InChI=1S/C12H15N3O3/c1-3-4-5-9-6-7-10(17)15(9)12(18)11(14-13)8(2)16/h3,9H,1,4-7H2,2H3. The first-order valence-electron chi connectivity index (χ1n) is 5.73. The normalized spacial score (nSPS) is 18.4. The number of ketones is 1. The van der Waals surface area contributed by atoms with E-state index in [1.807, 2.05) is 0 Å². The lowest BCUT2D eigenvalue weighted by atomic mass is 10.1. The summed E-state index contributed by atoms with van der Waals surface area (Å²) in [5.41, 5.74) is 8.07. The molecule has 1 atom stereocenters. The zero-order valence-electron chi connectivity index (χ0n) is 10.3. The molecule has 1 heterocycles. The number of Topliss-reactive ketones (excluding diaryl/α,β-unsaturated/α-hetero) is 1. The van der Waals surface area contributed by atoms with Crippen LogP contribution in [-0.4, -0.2) is 39.0 Å². The number of rotatable bonds is 5. The number of likely N-dealkylation sites (tertiary alicyclic amines) is 1. The molecule has 0 saturated carbocycles. The summed E-state index contributed by atoms with van der Waals surface area (Å²) in [7, 11) is 0. The first-order valence-corrected chi connectivity index (χ1v) is 5.73. The Morgan fingerprint density at radius 1 is 1.61 bits per heavy atom. The van der Waals surface area contributed by atoms with Crippen molar-refractivity contribution in [2.24, 2.45) is 0 Å². The van der Waals surface area contributed by atoms with Crippen LogP contribution in [0.2, 0.25) is 0 Å². The highest BCUT2D eigenvalue weighted by atomic mass is 16.2. The van der Waals surface area contributed by atoms with Gasteiger partial charge in [-0.1, -0.05) is 6.08 Å². The van der Waals surface area contributed by atoms with Gasteiger partial charge in [-0.15, -0.1) is 6.58 Å². The third-order valence-corrected chi connectivity index (χ3v) is 2.88. The van der Waals surface area contributed by atoms with Gasteiger partial charge in [0.2, 0.25) is 11.7 Å². The van der Waals surface area contributed by atoms with Crippen LogP contribution in [0, 0.1) is 0 Å². The summed E-state index contributed by atoms with van der Waals surface area (Å²) in [4.78, 5) is 38.5. The lowest BCUT2D eigenvalue weighted by Crippen LogP contribution is -2.45. The molecule has 1 aliphatic rings. The molecular formula is C12H15N3O3. The topological polar surface area (TPSA) is 90.8 Å². The Hall–Kier alpha value is -2.07.